The highest BCUT2D eigenvalue weighted by Gasteiger charge is 2.33. The molecule has 0 bridgehead atoms. The summed E-state index contributed by atoms with van der Waals surface area (Å²) in [5.41, 5.74) is 0.899. The first-order valence-electron chi connectivity index (χ1n) is 9.97. The minimum absolute atomic E-state index is 0.00266. The van der Waals surface area contributed by atoms with Crippen molar-refractivity contribution in [1.29, 1.82) is 0 Å². The van der Waals surface area contributed by atoms with Crippen LogP contribution in [0.25, 0.3) is 0 Å². The number of anilines is 1. The highest BCUT2D eigenvalue weighted by molar-refractivity contribution is 7.93. The monoisotopic (exact) mass is 505 g/mol. The van der Waals surface area contributed by atoms with E-state index in [9.17, 15) is 13.2 Å². The molecule has 3 aromatic carbocycles. The SMILES string of the molecule is COc1ccc(N(C(=O)c2cc(OC)c(OC)c(OC)c2)S(=O)(=O)c2ccc(C)cc2)cc1Cl. The van der Waals surface area contributed by atoms with Gasteiger partial charge in [-0.25, -0.2) is 8.42 Å². The number of halogens is 1. The van der Waals surface area contributed by atoms with Gasteiger partial charge >= 0.3 is 0 Å². The maximum Gasteiger partial charge on any atom is 0.272 e. The van der Waals surface area contributed by atoms with E-state index < -0.39 is 15.9 Å². The van der Waals surface area contributed by atoms with E-state index in [2.05, 4.69) is 0 Å². The fourth-order valence-corrected chi connectivity index (χ4v) is 4.94. The lowest BCUT2D eigenvalue weighted by Gasteiger charge is -2.24. The van der Waals surface area contributed by atoms with Crippen molar-refractivity contribution in [2.24, 2.45) is 0 Å². The molecule has 0 unspecified atom stereocenters. The van der Waals surface area contributed by atoms with Crippen LogP contribution in [0, 0.1) is 6.92 Å². The van der Waals surface area contributed by atoms with Crippen molar-refractivity contribution < 1.29 is 32.2 Å². The second-order valence-electron chi connectivity index (χ2n) is 7.12. The van der Waals surface area contributed by atoms with Crippen LogP contribution in [-0.4, -0.2) is 42.8 Å². The van der Waals surface area contributed by atoms with Crippen LogP contribution in [-0.2, 0) is 10.0 Å². The Bertz CT molecular complexity index is 1280. The van der Waals surface area contributed by atoms with Crippen molar-refractivity contribution in [3.05, 3.63) is 70.7 Å². The molecule has 0 radical (unpaired) electrons. The molecule has 0 saturated carbocycles. The minimum Gasteiger partial charge on any atom is -0.495 e. The molecule has 0 saturated heterocycles. The summed E-state index contributed by atoms with van der Waals surface area (Å²) in [6, 6.07) is 13.2. The molecule has 0 N–H and O–H groups in total. The predicted octanol–water partition coefficient (Wildman–Crippen LogP) is 4.72. The Labute approximate surface area is 203 Å². The molecule has 3 rings (SSSR count). The van der Waals surface area contributed by atoms with Gasteiger partial charge in [0.2, 0.25) is 5.75 Å². The second-order valence-corrected chi connectivity index (χ2v) is 9.31. The van der Waals surface area contributed by atoms with Crippen LogP contribution in [0.4, 0.5) is 5.69 Å². The molecule has 0 aliphatic heterocycles. The number of rotatable bonds is 8. The molecule has 0 fully saturated rings. The Morgan fingerprint density at radius 3 is 1.82 bits per heavy atom. The number of aryl methyl sites for hydroxylation is 1. The van der Waals surface area contributed by atoms with E-state index in [-0.39, 0.29) is 38.4 Å². The number of ether oxygens (including phenoxy) is 4. The van der Waals surface area contributed by atoms with Gasteiger partial charge in [-0.15, -0.1) is 0 Å². The molecule has 0 atom stereocenters. The molecular formula is C24H24ClNO7S. The van der Waals surface area contributed by atoms with Gasteiger partial charge in [0.15, 0.2) is 11.5 Å². The zero-order valence-corrected chi connectivity index (χ0v) is 20.9. The van der Waals surface area contributed by atoms with E-state index in [4.69, 9.17) is 30.5 Å². The molecule has 34 heavy (non-hydrogen) atoms. The van der Waals surface area contributed by atoms with E-state index in [1.807, 2.05) is 6.92 Å². The molecule has 10 heteroatoms. The van der Waals surface area contributed by atoms with Crippen LogP contribution in [0.2, 0.25) is 5.02 Å². The molecule has 0 aliphatic rings. The molecule has 0 aliphatic carbocycles. The normalized spacial score (nSPS) is 11.0. The maximum atomic E-state index is 13.8. The van der Waals surface area contributed by atoms with Gasteiger partial charge in [0, 0.05) is 5.56 Å². The van der Waals surface area contributed by atoms with E-state index in [1.165, 1.54) is 70.9 Å². The summed E-state index contributed by atoms with van der Waals surface area (Å²) in [6.07, 6.45) is 0. The topological polar surface area (TPSA) is 91.4 Å². The fraction of sp³-hybridized carbons (Fsp3) is 0.208. The standard InChI is InChI=1S/C24H24ClNO7S/c1-15-6-9-18(10-7-15)34(28,29)26(17-8-11-20(30-2)19(25)14-17)24(27)16-12-21(31-3)23(33-5)22(13-16)32-4/h6-14H,1-5H3. The third-order valence-corrected chi connectivity index (χ3v) is 7.05. The average molecular weight is 506 g/mol. The van der Waals surface area contributed by atoms with Crippen LogP contribution < -0.4 is 23.3 Å². The van der Waals surface area contributed by atoms with Gasteiger partial charge < -0.3 is 18.9 Å². The summed E-state index contributed by atoms with van der Waals surface area (Å²) in [7, 11) is 1.32. The van der Waals surface area contributed by atoms with Crippen LogP contribution in [0.5, 0.6) is 23.0 Å². The summed E-state index contributed by atoms with van der Waals surface area (Å²) in [5, 5.41) is 0.141. The first-order chi connectivity index (χ1) is 16.2. The molecule has 180 valence electrons. The second kappa shape index (κ2) is 10.2. The van der Waals surface area contributed by atoms with Crippen LogP contribution >= 0.6 is 11.6 Å². The van der Waals surface area contributed by atoms with Crippen LogP contribution in [0.15, 0.2) is 59.5 Å². The quantitative estimate of drug-likeness (QED) is 0.437. The van der Waals surface area contributed by atoms with E-state index >= 15 is 0 Å². The Kier molecular flexibility index (Phi) is 7.58. The van der Waals surface area contributed by atoms with Crippen LogP contribution in [0.3, 0.4) is 0 Å². The Morgan fingerprint density at radius 1 is 0.794 bits per heavy atom. The van der Waals surface area contributed by atoms with Gasteiger partial charge in [0.25, 0.3) is 15.9 Å². The predicted molar refractivity (Wildman–Crippen MR) is 129 cm³/mol. The molecule has 1 amide bonds. The van der Waals surface area contributed by atoms with Crippen molar-refractivity contribution in [3.8, 4) is 23.0 Å². The van der Waals surface area contributed by atoms with E-state index in [0.717, 1.165) is 5.56 Å². The number of hydrogen-bond acceptors (Lipinski definition) is 7. The lowest BCUT2D eigenvalue weighted by atomic mass is 10.1. The van der Waals surface area contributed by atoms with Gasteiger partial charge in [-0.1, -0.05) is 29.3 Å². The van der Waals surface area contributed by atoms with Crippen molar-refractivity contribution in [2.45, 2.75) is 11.8 Å². The summed E-state index contributed by atoms with van der Waals surface area (Å²) >= 11 is 6.26. The maximum absolute atomic E-state index is 13.8. The Morgan fingerprint density at radius 2 is 1.35 bits per heavy atom. The largest absolute Gasteiger partial charge is 0.495 e. The van der Waals surface area contributed by atoms with E-state index in [0.29, 0.717) is 10.1 Å². The number of benzene rings is 3. The average Bonchev–Trinajstić information content (AvgIpc) is 2.83. The lowest BCUT2D eigenvalue weighted by Crippen LogP contribution is -2.37. The molecule has 0 heterocycles. The molecule has 0 spiro atoms. The van der Waals surface area contributed by atoms with Gasteiger partial charge in [-0.05, 0) is 49.4 Å². The summed E-state index contributed by atoms with van der Waals surface area (Å²) in [4.78, 5) is 13.7. The van der Waals surface area contributed by atoms with Crippen molar-refractivity contribution in [3.63, 3.8) is 0 Å². The van der Waals surface area contributed by atoms with Crippen molar-refractivity contribution in [2.75, 3.05) is 32.7 Å². The van der Waals surface area contributed by atoms with E-state index in [1.54, 1.807) is 12.1 Å². The minimum atomic E-state index is -4.34. The fourth-order valence-electron chi connectivity index (χ4n) is 3.28. The molecule has 8 nitrogen and oxygen atoms in total. The zero-order chi connectivity index (χ0) is 25.0. The lowest BCUT2D eigenvalue weighted by molar-refractivity contribution is 0.100. The van der Waals surface area contributed by atoms with Gasteiger partial charge in [-0.2, -0.15) is 4.31 Å². The first-order valence-corrected chi connectivity index (χ1v) is 11.8. The zero-order valence-electron chi connectivity index (χ0n) is 19.3. The van der Waals surface area contributed by atoms with Gasteiger partial charge in [0.1, 0.15) is 5.75 Å². The summed E-state index contributed by atoms with van der Waals surface area (Å²) in [5.74, 6) is 0.151. The number of carbonyl (C=O) groups is 1. The third kappa shape index (κ3) is 4.76. The van der Waals surface area contributed by atoms with Crippen molar-refractivity contribution >= 4 is 33.2 Å². The van der Waals surface area contributed by atoms with Gasteiger partial charge in [-0.3, -0.25) is 4.79 Å². The third-order valence-electron chi connectivity index (χ3n) is 5.03. The van der Waals surface area contributed by atoms with Crippen molar-refractivity contribution in [1.82, 2.24) is 0 Å². The molecule has 0 aromatic heterocycles. The summed E-state index contributed by atoms with van der Waals surface area (Å²) < 4.78 is 49.2. The van der Waals surface area contributed by atoms with Gasteiger partial charge in [0.05, 0.1) is 44.0 Å². The smallest absolute Gasteiger partial charge is 0.272 e. The number of methoxy groups -OCH3 is 4. The first kappa shape index (κ1) is 25.2. The number of carbonyl (C=O) groups excluding carboxylic acids is 1. The summed E-state index contributed by atoms with van der Waals surface area (Å²) in [6.45, 7) is 1.83. The Hall–Kier alpha value is -3.43. The number of hydrogen-bond donors (Lipinski definition) is 0. The Balaban J connectivity index is 2.25. The number of amides is 1. The molecular weight excluding hydrogens is 482 g/mol. The number of nitrogens with zero attached hydrogens (tertiary/aromatic N) is 1. The van der Waals surface area contributed by atoms with Crippen LogP contribution in [0.1, 0.15) is 15.9 Å². The number of sulfonamides is 1. The highest BCUT2D eigenvalue weighted by atomic mass is 35.5. The molecule has 3 aromatic rings. The highest BCUT2D eigenvalue weighted by Crippen LogP contribution is 2.40.